The van der Waals surface area contributed by atoms with Crippen molar-refractivity contribution in [1.29, 1.82) is 0 Å². The second-order valence-electron chi connectivity index (χ2n) is 9.31. The SMILES string of the molecule is Cc1ccc(NC(=O)Cn2nc(C(C)(C)C)ccc2=O)cc1S(=O)(=O)N1CCCCCC1. The summed E-state index contributed by atoms with van der Waals surface area (Å²) in [6.07, 6.45) is 3.77. The Kier molecular flexibility index (Phi) is 7.19. The molecule has 32 heavy (non-hydrogen) atoms. The Morgan fingerprint density at radius 1 is 1.06 bits per heavy atom. The molecular formula is C23H32N4O4S. The van der Waals surface area contributed by atoms with Crippen LogP contribution in [0.25, 0.3) is 0 Å². The van der Waals surface area contributed by atoms with Crippen LogP contribution in [0.1, 0.15) is 57.7 Å². The third-order valence-corrected chi connectivity index (χ3v) is 7.62. The van der Waals surface area contributed by atoms with Crippen molar-refractivity contribution in [3.63, 3.8) is 0 Å². The van der Waals surface area contributed by atoms with Crippen LogP contribution < -0.4 is 10.9 Å². The second-order valence-corrected chi connectivity index (χ2v) is 11.2. The fourth-order valence-electron chi connectivity index (χ4n) is 3.68. The highest BCUT2D eigenvalue weighted by Gasteiger charge is 2.27. The number of hydrogen-bond acceptors (Lipinski definition) is 5. The summed E-state index contributed by atoms with van der Waals surface area (Å²) >= 11 is 0. The first-order chi connectivity index (χ1) is 15.0. The van der Waals surface area contributed by atoms with Crippen LogP contribution in [0.15, 0.2) is 40.0 Å². The van der Waals surface area contributed by atoms with Crippen molar-refractivity contribution in [3.05, 3.63) is 51.9 Å². The molecule has 1 amide bonds. The van der Waals surface area contributed by atoms with Gasteiger partial charge >= 0.3 is 0 Å². The van der Waals surface area contributed by atoms with Gasteiger partial charge in [-0.2, -0.15) is 9.40 Å². The molecular weight excluding hydrogens is 428 g/mol. The standard InChI is InChI=1S/C23H32N4O4S/c1-17-9-10-18(15-19(17)32(30,31)26-13-7-5-6-8-14-26)24-21(28)16-27-22(29)12-11-20(25-27)23(2,3)4/h9-12,15H,5-8,13-14,16H2,1-4H3,(H,24,28). The molecule has 1 aliphatic heterocycles. The first-order valence-electron chi connectivity index (χ1n) is 11.0. The van der Waals surface area contributed by atoms with E-state index in [2.05, 4.69) is 10.4 Å². The highest BCUT2D eigenvalue weighted by molar-refractivity contribution is 7.89. The van der Waals surface area contributed by atoms with Crippen LogP contribution in [0.4, 0.5) is 5.69 Å². The maximum atomic E-state index is 13.2. The molecule has 1 saturated heterocycles. The Morgan fingerprint density at radius 2 is 1.72 bits per heavy atom. The minimum Gasteiger partial charge on any atom is -0.324 e. The van der Waals surface area contributed by atoms with Crippen LogP contribution in [0, 0.1) is 6.92 Å². The number of benzene rings is 1. The van der Waals surface area contributed by atoms with Crippen molar-refractivity contribution in [1.82, 2.24) is 14.1 Å². The number of nitrogens with zero attached hydrogens (tertiary/aromatic N) is 3. The molecule has 174 valence electrons. The van der Waals surface area contributed by atoms with Crippen molar-refractivity contribution >= 4 is 21.6 Å². The summed E-state index contributed by atoms with van der Waals surface area (Å²) in [6.45, 7) is 8.44. The van der Waals surface area contributed by atoms with E-state index in [4.69, 9.17) is 0 Å². The number of sulfonamides is 1. The number of rotatable bonds is 5. The van der Waals surface area contributed by atoms with Gasteiger partial charge in [0.25, 0.3) is 5.56 Å². The number of hydrogen-bond donors (Lipinski definition) is 1. The lowest BCUT2D eigenvalue weighted by molar-refractivity contribution is -0.117. The van der Waals surface area contributed by atoms with Gasteiger partial charge in [0, 0.05) is 30.3 Å². The Hall–Kier alpha value is -2.52. The number of aryl methyl sites for hydroxylation is 1. The highest BCUT2D eigenvalue weighted by atomic mass is 32.2. The zero-order chi connectivity index (χ0) is 23.5. The smallest absolute Gasteiger partial charge is 0.267 e. The van der Waals surface area contributed by atoms with E-state index in [0.29, 0.717) is 30.0 Å². The van der Waals surface area contributed by atoms with Crippen LogP contribution in [0.3, 0.4) is 0 Å². The van der Waals surface area contributed by atoms with E-state index in [0.717, 1.165) is 30.4 Å². The van der Waals surface area contributed by atoms with E-state index in [9.17, 15) is 18.0 Å². The molecule has 9 heteroatoms. The third kappa shape index (κ3) is 5.63. The maximum Gasteiger partial charge on any atom is 0.267 e. The molecule has 2 heterocycles. The molecule has 0 spiro atoms. The molecule has 1 aliphatic rings. The molecule has 1 aromatic carbocycles. The average molecular weight is 461 g/mol. The molecule has 2 aromatic rings. The van der Waals surface area contributed by atoms with Crippen LogP contribution in [0.5, 0.6) is 0 Å². The number of nitrogens with one attached hydrogen (secondary N) is 1. The largest absolute Gasteiger partial charge is 0.324 e. The van der Waals surface area contributed by atoms with Gasteiger partial charge in [-0.3, -0.25) is 9.59 Å². The predicted molar refractivity (Wildman–Crippen MR) is 124 cm³/mol. The number of anilines is 1. The van der Waals surface area contributed by atoms with Crippen molar-refractivity contribution in [2.75, 3.05) is 18.4 Å². The van der Waals surface area contributed by atoms with Gasteiger partial charge in [0.1, 0.15) is 6.54 Å². The molecule has 1 fully saturated rings. The minimum atomic E-state index is -3.65. The van der Waals surface area contributed by atoms with Crippen LogP contribution in [-0.4, -0.2) is 41.5 Å². The minimum absolute atomic E-state index is 0.197. The Morgan fingerprint density at radius 3 is 2.34 bits per heavy atom. The average Bonchev–Trinajstić information content (AvgIpc) is 3.00. The molecule has 0 atom stereocenters. The molecule has 0 saturated carbocycles. The zero-order valence-corrected chi connectivity index (χ0v) is 20.0. The lowest BCUT2D eigenvalue weighted by Crippen LogP contribution is -2.33. The summed E-state index contributed by atoms with van der Waals surface area (Å²) in [5.74, 6) is -0.451. The summed E-state index contributed by atoms with van der Waals surface area (Å²) < 4.78 is 29.1. The molecule has 0 unspecified atom stereocenters. The third-order valence-electron chi connectivity index (χ3n) is 5.58. The van der Waals surface area contributed by atoms with E-state index in [1.807, 2.05) is 20.8 Å². The predicted octanol–water partition coefficient (Wildman–Crippen LogP) is 3.05. The molecule has 3 rings (SSSR count). The summed E-state index contributed by atoms with van der Waals surface area (Å²) in [5, 5.41) is 7.02. The van der Waals surface area contributed by atoms with Crippen molar-refractivity contribution < 1.29 is 13.2 Å². The number of aromatic nitrogens is 2. The van der Waals surface area contributed by atoms with Gasteiger partial charge in [0.2, 0.25) is 15.9 Å². The number of amides is 1. The number of carbonyl (C=O) groups excluding carboxylic acids is 1. The lowest BCUT2D eigenvalue weighted by atomic mass is 9.92. The maximum absolute atomic E-state index is 13.2. The summed E-state index contributed by atoms with van der Waals surface area (Å²) in [6, 6.07) is 7.91. The van der Waals surface area contributed by atoms with Gasteiger partial charge in [-0.1, -0.05) is 39.7 Å². The van der Waals surface area contributed by atoms with Crippen LogP contribution in [-0.2, 0) is 26.8 Å². The quantitative estimate of drug-likeness (QED) is 0.739. The van der Waals surface area contributed by atoms with Crippen molar-refractivity contribution in [3.8, 4) is 0 Å². The molecule has 1 N–H and O–H groups in total. The highest BCUT2D eigenvalue weighted by Crippen LogP contribution is 2.26. The normalized spacial score (nSPS) is 15.9. The van der Waals surface area contributed by atoms with E-state index in [-0.39, 0.29) is 22.4 Å². The monoisotopic (exact) mass is 460 g/mol. The van der Waals surface area contributed by atoms with E-state index in [1.165, 1.54) is 16.4 Å². The topological polar surface area (TPSA) is 101 Å². The van der Waals surface area contributed by atoms with Gasteiger partial charge < -0.3 is 5.32 Å². The fourth-order valence-corrected chi connectivity index (χ4v) is 5.44. The van der Waals surface area contributed by atoms with Gasteiger partial charge in [0.15, 0.2) is 0 Å². The first kappa shape index (κ1) is 24.1. The Bertz CT molecular complexity index is 1140. The number of carbonyl (C=O) groups is 1. The molecule has 0 radical (unpaired) electrons. The van der Waals surface area contributed by atoms with Crippen molar-refractivity contribution in [2.24, 2.45) is 0 Å². The molecule has 0 bridgehead atoms. The summed E-state index contributed by atoms with van der Waals surface area (Å²) in [5.41, 5.74) is 1.06. The zero-order valence-electron chi connectivity index (χ0n) is 19.2. The van der Waals surface area contributed by atoms with Gasteiger partial charge in [-0.25, -0.2) is 13.1 Å². The molecule has 0 aliphatic carbocycles. The van der Waals surface area contributed by atoms with Gasteiger partial charge in [-0.15, -0.1) is 0 Å². The van der Waals surface area contributed by atoms with Gasteiger partial charge in [-0.05, 0) is 43.5 Å². The molecule has 8 nitrogen and oxygen atoms in total. The van der Waals surface area contributed by atoms with Crippen LogP contribution >= 0.6 is 0 Å². The van der Waals surface area contributed by atoms with Gasteiger partial charge in [0.05, 0.1) is 10.6 Å². The molecule has 1 aromatic heterocycles. The fraction of sp³-hybridized carbons (Fsp3) is 0.522. The Balaban J connectivity index is 1.80. The van der Waals surface area contributed by atoms with E-state index in [1.54, 1.807) is 25.1 Å². The first-order valence-corrected chi connectivity index (χ1v) is 12.4. The van der Waals surface area contributed by atoms with E-state index < -0.39 is 15.9 Å². The van der Waals surface area contributed by atoms with Crippen molar-refractivity contribution in [2.45, 2.75) is 70.2 Å². The second kappa shape index (κ2) is 9.54. The van der Waals surface area contributed by atoms with E-state index >= 15 is 0 Å². The summed E-state index contributed by atoms with van der Waals surface area (Å²) in [4.78, 5) is 25.0. The lowest BCUT2D eigenvalue weighted by Gasteiger charge is -2.21. The van der Waals surface area contributed by atoms with Crippen LogP contribution in [0.2, 0.25) is 0 Å². The summed E-state index contributed by atoms with van der Waals surface area (Å²) in [7, 11) is -3.65. The Labute approximate surface area is 189 Å².